The van der Waals surface area contributed by atoms with Crippen LogP contribution in [-0.4, -0.2) is 17.8 Å². The van der Waals surface area contributed by atoms with Gasteiger partial charge in [-0.2, -0.15) is 0 Å². The predicted octanol–water partition coefficient (Wildman–Crippen LogP) is 4.82. The summed E-state index contributed by atoms with van der Waals surface area (Å²) in [5.74, 6) is -2.50. The molecule has 1 aliphatic carbocycles. The van der Waals surface area contributed by atoms with Crippen LogP contribution in [0.4, 0.5) is 19.3 Å². The van der Waals surface area contributed by atoms with Crippen LogP contribution >= 0.6 is 0 Å². The topological polar surface area (TPSA) is 58.6 Å². The first-order valence-corrected chi connectivity index (χ1v) is 8.80. The van der Waals surface area contributed by atoms with Crippen LogP contribution in [0.2, 0.25) is 0 Å². The SMILES string of the molecule is O=C(Nc1c(CO)ccc(F)c1F)OCC1c2ccccc2-c2ccccc21. The third kappa shape index (κ3) is 3.12. The number of fused-ring (bicyclic) bond motifs is 3. The Morgan fingerprint density at radius 1 is 0.964 bits per heavy atom. The molecule has 3 aromatic carbocycles. The van der Waals surface area contributed by atoms with Gasteiger partial charge in [-0.05, 0) is 28.3 Å². The summed E-state index contributed by atoms with van der Waals surface area (Å²) in [6.45, 7) is -0.499. The Labute approximate surface area is 160 Å². The normalized spacial score (nSPS) is 12.4. The van der Waals surface area contributed by atoms with Crippen molar-refractivity contribution >= 4 is 11.8 Å². The first-order valence-electron chi connectivity index (χ1n) is 8.80. The number of carbonyl (C=O) groups excluding carboxylic acids is 1. The van der Waals surface area contributed by atoms with E-state index < -0.39 is 30.0 Å². The maximum absolute atomic E-state index is 14.0. The van der Waals surface area contributed by atoms with Crippen molar-refractivity contribution in [2.45, 2.75) is 12.5 Å². The molecule has 0 saturated heterocycles. The highest BCUT2D eigenvalue weighted by Crippen LogP contribution is 2.44. The lowest BCUT2D eigenvalue weighted by Crippen LogP contribution is -2.19. The van der Waals surface area contributed by atoms with Crippen molar-refractivity contribution < 1.29 is 23.4 Å². The fraction of sp³-hybridized carbons (Fsp3) is 0.136. The Kier molecular flexibility index (Phi) is 4.79. The van der Waals surface area contributed by atoms with Gasteiger partial charge in [0.25, 0.3) is 0 Å². The number of amides is 1. The molecule has 0 spiro atoms. The minimum absolute atomic E-state index is 0.0469. The molecular weight excluding hydrogens is 364 g/mol. The largest absolute Gasteiger partial charge is 0.448 e. The molecule has 1 amide bonds. The lowest BCUT2D eigenvalue weighted by molar-refractivity contribution is 0.158. The van der Waals surface area contributed by atoms with Crippen LogP contribution in [0.1, 0.15) is 22.6 Å². The van der Waals surface area contributed by atoms with Crippen molar-refractivity contribution in [2.75, 3.05) is 11.9 Å². The maximum atomic E-state index is 14.0. The Morgan fingerprint density at radius 3 is 2.18 bits per heavy atom. The number of aliphatic hydroxyl groups is 1. The third-order valence-corrected chi connectivity index (χ3v) is 4.92. The summed E-state index contributed by atoms with van der Waals surface area (Å²) in [7, 11) is 0. The van der Waals surface area contributed by atoms with E-state index >= 15 is 0 Å². The number of ether oxygens (including phenoxy) is 1. The van der Waals surface area contributed by atoms with Crippen molar-refractivity contribution in [3.63, 3.8) is 0 Å². The number of aliphatic hydroxyl groups excluding tert-OH is 1. The third-order valence-electron chi connectivity index (χ3n) is 4.92. The van der Waals surface area contributed by atoms with Crippen LogP contribution in [0.5, 0.6) is 0 Å². The molecule has 4 rings (SSSR count). The van der Waals surface area contributed by atoms with Crippen molar-refractivity contribution in [1.82, 2.24) is 0 Å². The molecule has 142 valence electrons. The molecule has 0 heterocycles. The monoisotopic (exact) mass is 381 g/mol. The minimum Gasteiger partial charge on any atom is -0.448 e. The fourth-order valence-electron chi connectivity index (χ4n) is 3.59. The zero-order valence-electron chi connectivity index (χ0n) is 14.8. The molecular formula is C22H17F2NO3. The number of carbonyl (C=O) groups is 1. The van der Waals surface area contributed by atoms with E-state index in [4.69, 9.17) is 4.74 Å². The van der Waals surface area contributed by atoms with Gasteiger partial charge in [-0.25, -0.2) is 13.6 Å². The van der Waals surface area contributed by atoms with Crippen molar-refractivity contribution in [3.05, 3.63) is 89.0 Å². The molecule has 1 aliphatic rings. The minimum atomic E-state index is -1.24. The fourth-order valence-corrected chi connectivity index (χ4v) is 3.59. The van der Waals surface area contributed by atoms with Crippen LogP contribution < -0.4 is 5.32 Å². The Bertz CT molecular complexity index is 1010. The highest BCUT2D eigenvalue weighted by molar-refractivity contribution is 5.86. The predicted molar refractivity (Wildman–Crippen MR) is 101 cm³/mol. The summed E-state index contributed by atoms with van der Waals surface area (Å²) in [5, 5.41) is 11.5. The molecule has 3 aromatic rings. The van der Waals surface area contributed by atoms with Gasteiger partial charge in [0.1, 0.15) is 6.61 Å². The second kappa shape index (κ2) is 7.40. The molecule has 28 heavy (non-hydrogen) atoms. The quantitative estimate of drug-likeness (QED) is 0.681. The second-order valence-corrected chi connectivity index (χ2v) is 6.50. The lowest BCUT2D eigenvalue weighted by Gasteiger charge is -2.16. The smallest absolute Gasteiger partial charge is 0.411 e. The average molecular weight is 381 g/mol. The molecule has 0 aromatic heterocycles. The van der Waals surface area contributed by atoms with Crippen LogP contribution in [-0.2, 0) is 11.3 Å². The van der Waals surface area contributed by atoms with E-state index in [0.717, 1.165) is 28.3 Å². The number of hydrogen-bond acceptors (Lipinski definition) is 3. The average Bonchev–Trinajstić information content (AvgIpc) is 3.04. The van der Waals surface area contributed by atoms with E-state index in [-0.39, 0.29) is 18.1 Å². The standard InChI is InChI=1S/C22H17F2NO3/c23-19-10-9-13(11-26)21(20(19)24)25-22(27)28-12-18-16-7-3-1-5-14(16)15-6-2-4-8-17(15)18/h1-10,18,26H,11-12H2,(H,25,27). The summed E-state index contributed by atoms with van der Waals surface area (Å²) in [6.07, 6.45) is -0.916. The van der Waals surface area contributed by atoms with Gasteiger partial charge in [-0.1, -0.05) is 54.6 Å². The molecule has 0 unspecified atom stereocenters. The molecule has 0 aliphatic heterocycles. The number of anilines is 1. The van der Waals surface area contributed by atoms with Gasteiger partial charge in [0, 0.05) is 11.5 Å². The highest BCUT2D eigenvalue weighted by atomic mass is 19.2. The number of halogens is 2. The zero-order chi connectivity index (χ0) is 19.7. The van der Waals surface area contributed by atoms with Crippen LogP contribution in [0.15, 0.2) is 60.7 Å². The van der Waals surface area contributed by atoms with E-state index in [1.165, 1.54) is 6.07 Å². The summed E-state index contributed by atoms with van der Waals surface area (Å²) in [4.78, 5) is 12.2. The van der Waals surface area contributed by atoms with Gasteiger partial charge in [0.2, 0.25) is 0 Å². The van der Waals surface area contributed by atoms with Crippen LogP contribution in [0.3, 0.4) is 0 Å². The molecule has 0 saturated carbocycles. The van der Waals surface area contributed by atoms with Gasteiger partial charge in [0.05, 0.1) is 12.3 Å². The summed E-state index contributed by atoms with van der Waals surface area (Å²) >= 11 is 0. The van der Waals surface area contributed by atoms with Gasteiger partial charge in [0.15, 0.2) is 11.6 Å². The van der Waals surface area contributed by atoms with Crippen LogP contribution in [0, 0.1) is 11.6 Å². The van der Waals surface area contributed by atoms with Crippen molar-refractivity contribution in [2.24, 2.45) is 0 Å². The molecule has 4 nitrogen and oxygen atoms in total. The molecule has 2 N–H and O–H groups in total. The number of hydrogen-bond donors (Lipinski definition) is 2. The molecule has 0 fully saturated rings. The van der Waals surface area contributed by atoms with Gasteiger partial charge >= 0.3 is 6.09 Å². The van der Waals surface area contributed by atoms with E-state index in [2.05, 4.69) is 5.32 Å². The maximum Gasteiger partial charge on any atom is 0.411 e. The number of rotatable bonds is 4. The van der Waals surface area contributed by atoms with Crippen molar-refractivity contribution in [3.8, 4) is 11.1 Å². The number of nitrogens with one attached hydrogen (secondary N) is 1. The highest BCUT2D eigenvalue weighted by Gasteiger charge is 2.29. The van der Waals surface area contributed by atoms with Gasteiger partial charge in [-0.3, -0.25) is 5.32 Å². The van der Waals surface area contributed by atoms with Gasteiger partial charge < -0.3 is 9.84 Å². The first kappa shape index (κ1) is 18.1. The zero-order valence-corrected chi connectivity index (χ0v) is 14.8. The first-order chi connectivity index (χ1) is 13.6. The lowest BCUT2D eigenvalue weighted by atomic mass is 9.98. The van der Waals surface area contributed by atoms with E-state index in [1.54, 1.807) is 0 Å². The molecule has 6 heteroatoms. The molecule has 0 bridgehead atoms. The van der Waals surface area contributed by atoms with Crippen molar-refractivity contribution in [1.29, 1.82) is 0 Å². The number of benzene rings is 3. The van der Waals surface area contributed by atoms with Crippen LogP contribution in [0.25, 0.3) is 11.1 Å². The summed E-state index contributed by atoms with van der Waals surface area (Å²) in [6, 6.07) is 17.9. The summed E-state index contributed by atoms with van der Waals surface area (Å²) in [5.41, 5.74) is 3.91. The summed E-state index contributed by atoms with van der Waals surface area (Å²) < 4.78 is 32.8. The Balaban J connectivity index is 1.53. The van der Waals surface area contributed by atoms with E-state index in [9.17, 15) is 18.7 Å². The second-order valence-electron chi connectivity index (χ2n) is 6.50. The molecule has 0 atom stereocenters. The van der Waals surface area contributed by atoms with E-state index in [1.807, 2.05) is 48.5 Å². The van der Waals surface area contributed by atoms with Gasteiger partial charge in [-0.15, -0.1) is 0 Å². The Hall–Kier alpha value is -3.25. The molecule has 0 radical (unpaired) electrons. The van der Waals surface area contributed by atoms with E-state index in [0.29, 0.717) is 0 Å². The Morgan fingerprint density at radius 2 is 1.57 bits per heavy atom.